The van der Waals surface area contributed by atoms with Gasteiger partial charge in [-0.2, -0.15) is 4.98 Å². The number of benzene rings is 1. The third-order valence-corrected chi connectivity index (χ3v) is 2.73. The van der Waals surface area contributed by atoms with E-state index >= 15 is 0 Å². The molecule has 18 heavy (non-hydrogen) atoms. The summed E-state index contributed by atoms with van der Waals surface area (Å²) >= 11 is 0. The average molecular weight is 245 g/mol. The summed E-state index contributed by atoms with van der Waals surface area (Å²) in [6.45, 7) is 5.03. The van der Waals surface area contributed by atoms with Crippen LogP contribution in [0, 0.1) is 0 Å². The van der Waals surface area contributed by atoms with Crippen LogP contribution in [0.2, 0.25) is 0 Å². The van der Waals surface area contributed by atoms with Crippen molar-refractivity contribution in [3.8, 4) is 11.5 Å². The molecule has 0 atom stereocenters. The second-order valence-corrected chi connectivity index (χ2v) is 5.03. The summed E-state index contributed by atoms with van der Waals surface area (Å²) < 4.78 is 5.30. The Hall–Kier alpha value is -1.68. The fourth-order valence-electron chi connectivity index (χ4n) is 1.75. The molecule has 0 bridgehead atoms. The van der Waals surface area contributed by atoms with Crippen LogP contribution in [0.15, 0.2) is 28.8 Å². The molecule has 4 nitrogen and oxygen atoms in total. The largest absolute Gasteiger partial charge is 0.334 e. The molecule has 1 aromatic carbocycles. The molecular weight excluding hydrogens is 226 g/mol. The number of hydrogen-bond donors (Lipinski definition) is 0. The van der Waals surface area contributed by atoms with Gasteiger partial charge in [-0.3, -0.25) is 0 Å². The lowest BCUT2D eigenvalue weighted by Gasteiger charge is -2.05. The van der Waals surface area contributed by atoms with E-state index in [2.05, 4.69) is 36.1 Å². The fourth-order valence-corrected chi connectivity index (χ4v) is 1.75. The van der Waals surface area contributed by atoms with Crippen molar-refractivity contribution in [3.63, 3.8) is 0 Å². The molecule has 1 heterocycles. The Morgan fingerprint density at radius 3 is 2.72 bits per heavy atom. The minimum atomic E-state index is 0.495. The van der Waals surface area contributed by atoms with Gasteiger partial charge in [0.25, 0.3) is 5.89 Å². The molecule has 0 aliphatic carbocycles. The third kappa shape index (κ3) is 2.96. The van der Waals surface area contributed by atoms with E-state index in [4.69, 9.17) is 4.52 Å². The minimum absolute atomic E-state index is 0.495. The van der Waals surface area contributed by atoms with Crippen LogP contribution in [0.25, 0.3) is 11.5 Å². The Kier molecular flexibility index (Phi) is 3.77. The normalized spacial score (nSPS) is 11.4. The van der Waals surface area contributed by atoms with Crippen LogP contribution < -0.4 is 0 Å². The number of rotatable bonds is 4. The minimum Gasteiger partial charge on any atom is -0.334 e. The summed E-state index contributed by atoms with van der Waals surface area (Å²) in [5.41, 5.74) is 2.26. The molecule has 0 radical (unpaired) electrons. The van der Waals surface area contributed by atoms with Gasteiger partial charge >= 0.3 is 0 Å². The van der Waals surface area contributed by atoms with E-state index in [1.165, 1.54) is 5.56 Å². The topological polar surface area (TPSA) is 42.2 Å². The highest BCUT2D eigenvalue weighted by atomic mass is 16.5. The smallest absolute Gasteiger partial charge is 0.257 e. The monoisotopic (exact) mass is 245 g/mol. The highest BCUT2D eigenvalue weighted by molar-refractivity contribution is 5.54. The predicted octanol–water partition coefficient (Wildman–Crippen LogP) is 2.92. The molecule has 4 heteroatoms. The second kappa shape index (κ2) is 5.31. The fraction of sp³-hybridized carbons (Fsp3) is 0.429. The van der Waals surface area contributed by atoms with Gasteiger partial charge in [-0.25, -0.2) is 0 Å². The predicted molar refractivity (Wildman–Crippen MR) is 71.2 cm³/mol. The van der Waals surface area contributed by atoms with Crippen LogP contribution in [-0.2, 0) is 6.54 Å². The summed E-state index contributed by atoms with van der Waals surface area (Å²) in [4.78, 5) is 6.41. The Morgan fingerprint density at radius 1 is 1.28 bits per heavy atom. The van der Waals surface area contributed by atoms with Gasteiger partial charge in [0.1, 0.15) is 0 Å². The van der Waals surface area contributed by atoms with Crippen molar-refractivity contribution < 1.29 is 4.52 Å². The highest BCUT2D eigenvalue weighted by Crippen LogP contribution is 2.22. The molecule has 0 spiro atoms. The first-order valence-corrected chi connectivity index (χ1v) is 6.14. The van der Waals surface area contributed by atoms with E-state index in [1.54, 1.807) is 0 Å². The zero-order chi connectivity index (χ0) is 13.1. The first kappa shape index (κ1) is 12.8. The summed E-state index contributed by atoms with van der Waals surface area (Å²) in [7, 11) is 3.96. The molecule has 0 aliphatic heterocycles. The Labute approximate surface area is 108 Å². The highest BCUT2D eigenvalue weighted by Gasteiger charge is 2.10. The van der Waals surface area contributed by atoms with Crippen molar-refractivity contribution in [1.82, 2.24) is 15.0 Å². The number of hydrogen-bond acceptors (Lipinski definition) is 4. The average Bonchev–Trinajstić information content (AvgIpc) is 2.77. The van der Waals surface area contributed by atoms with E-state index in [9.17, 15) is 0 Å². The van der Waals surface area contributed by atoms with Crippen molar-refractivity contribution in [1.29, 1.82) is 0 Å². The van der Waals surface area contributed by atoms with Crippen molar-refractivity contribution in [2.75, 3.05) is 14.1 Å². The van der Waals surface area contributed by atoms with Gasteiger partial charge in [0, 0.05) is 5.56 Å². The van der Waals surface area contributed by atoms with Crippen LogP contribution in [-0.4, -0.2) is 29.1 Å². The number of nitrogens with zero attached hydrogens (tertiary/aromatic N) is 3. The quantitative estimate of drug-likeness (QED) is 0.830. The molecule has 0 saturated carbocycles. The molecule has 2 aromatic rings. The molecule has 0 amide bonds. The maximum Gasteiger partial charge on any atom is 0.257 e. The first-order chi connectivity index (χ1) is 8.56. The van der Waals surface area contributed by atoms with Crippen LogP contribution in [0.1, 0.15) is 31.2 Å². The van der Waals surface area contributed by atoms with Crippen molar-refractivity contribution in [2.45, 2.75) is 26.3 Å². The summed E-state index contributed by atoms with van der Waals surface area (Å²) in [5, 5.41) is 3.98. The molecule has 0 aliphatic rings. The van der Waals surface area contributed by atoms with E-state index in [0.717, 1.165) is 5.56 Å². The van der Waals surface area contributed by atoms with Gasteiger partial charge < -0.3 is 9.42 Å². The van der Waals surface area contributed by atoms with E-state index < -0.39 is 0 Å². The third-order valence-electron chi connectivity index (χ3n) is 2.73. The van der Waals surface area contributed by atoms with E-state index in [-0.39, 0.29) is 0 Å². The molecule has 1 aromatic heterocycles. The van der Waals surface area contributed by atoms with E-state index in [0.29, 0.717) is 24.2 Å². The summed E-state index contributed by atoms with van der Waals surface area (Å²) in [6.07, 6.45) is 0. The van der Waals surface area contributed by atoms with Crippen molar-refractivity contribution in [2.24, 2.45) is 0 Å². The zero-order valence-electron chi connectivity index (χ0n) is 11.3. The molecule has 0 unspecified atom stereocenters. The SMILES string of the molecule is CC(C)c1cccc(-c2nc(CN(C)C)no2)c1. The maximum atomic E-state index is 5.30. The lowest BCUT2D eigenvalue weighted by molar-refractivity contribution is 0.365. The van der Waals surface area contributed by atoms with E-state index in [1.807, 2.05) is 31.1 Å². The van der Waals surface area contributed by atoms with Crippen LogP contribution in [0.3, 0.4) is 0 Å². The van der Waals surface area contributed by atoms with Gasteiger partial charge in [0.15, 0.2) is 5.82 Å². The maximum absolute atomic E-state index is 5.30. The Bertz CT molecular complexity index is 517. The molecule has 2 rings (SSSR count). The summed E-state index contributed by atoms with van der Waals surface area (Å²) in [6, 6.07) is 8.25. The molecule has 0 N–H and O–H groups in total. The number of aromatic nitrogens is 2. The molecule has 0 saturated heterocycles. The Balaban J connectivity index is 2.25. The molecule has 96 valence electrons. The summed E-state index contributed by atoms with van der Waals surface area (Å²) in [5.74, 6) is 1.80. The molecular formula is C14H19N3O. The van der Waals surface area contributed by atoms with Crippen LogP contribution in [0.4, 0.5) is 0 Å². The zero-order valence-corrected chi connectivity index (χ0v) is 11.3. The van der Waals surface area contributed by atoms with Gasteiger partial charge in [-0.15, -0.1) is 0 Å². The van der Waals surface area contributed by atoms with Crippen molar-refractivity contribution >= 4 is 0 Å². The standard InChI is InChI=1S/C14H19N3O/c1-10(2)11-6-5-7-12(8-11)14-15-13(16-18-14)9-17(3)4/h5-8,10H,9H2,1-4H3. The van der Waals surface area contributed by atoms with Gasteiger partial charge in [-0.1, -0.05) is 31.1 Å². The second-order valence-electron chi connectivity index (χ2n) is 5.03. The van der Waals surface area contributed by atoms with Gasteiger partial charge in [0.05, 0.1) is 6.54 Å². The first-order valence-electron chi connectivity index (χ1n) is 6.14. The van der Waals surface area contributed by atoms with Gasteiger partial charge in [-0.05, 0) is 37.7 Å². The van der Waals surface area contributed by atoms with Gasteiger partial charge in [0.2, 0.25) is 0 Å². The lowest BCUT2D eigenvalue weighted by atomic mass is 10.0. The Morgan fingerprint density at radius 2 is 2.06 bits per heavy atom. The van der Waals surface area contributed by atoms with Crippen molar-refractivity contribution in [3.05, 3.63) is 35.7 Å². The lowest BCUT2D eigenvalue weighted by Crippen LogP contribution is -2.11. The van der Waals surface area contributed by atoms with Crippen LogP contribution in [0.5, 0.6) is 0 Å². The van der Waals surface area contributed by atoms with Crippen LogP contribution >= 0.6 is 0 Å². The molecule has 0 fully saturated rings.